The second-order valence-corrected chi connectivity index (χ2v) is 2.54. The molecule has 90 valence electrons. The Kier molecular flexibility index (Phi) is 10.5. The highest BCUT2D eigenvalue weighted by Gasteiger charge is 1.99. The first-order valence-electron chi connectivity index (χ1n) is 4.60. The molecule has 0 atom stereocenters. The Morgan fingerprint density at radius 2 is 1.93 bits per heavy atom. The number of hydrogen-bond donors (Lipinski definition) is 2. The smallest absolute Gasteiger partial charge is 0.407 e. The average molecular weight is 222 g/mol. The minimum absolute atomic E-state index is 0.207. The lowest BCUT2D eigenvalue weighted by Gasteiger charge is -2.06. The van der Waals surface area contributed by atoms with Crippen molar-refractivity contribution in [2.24, 2.45) is 5.90 Å². The van der Waals surface area contributed by atoms with Gasteiger partial charge in [0.1, 0.15) is 6.61 Å². The van der Waals surface area contributed by atoms with Gasteiger partial charge in [-0.3, -0.25) is 0 Å². The van der Waals surface area contributed by atoms with Crippen molar-refractivity contribution in [3.63, 3.8) is 0 Å². The lowest BCUT2D eigenvalue weighted by atomic mass is 10.7. The maximum atomic E-state index is 10.9. The Labute approximate surface area is 88.8 Å². The normalized spacial score (nSPS) is 10.0. The molecule has 0 aliphatic carbocycles. The van der Waals surface area contributed by atoms with Crippen LogP contribution >= 0.6 is 0 Å². The molecule has 0 spiro atoms. The summed E-state index contributed by atoms with van der Waals surface area (Å²) in [6, 6.07) is 0. The monoisotopic (exact) mass is 222 g/mol. The highest BCUT2D eigenvalue weighted by Crippen LogP contribution is 1.81. The van der Waals surface area contributed by atoms with Crippen LogP contribution in [0.25, 0.3) is 0 Å². The van der Waals surface area contributed by atoms with Crippen LogP contribution in [0, 0.1) is 0 Å². The number of alkyl carbamates (subject to hydrolysis) is 1. The van der Waals surface area contributed by atoms with Gasteiger partial charge in [-0.1, -0.05) is 0 Å². The molecule has 0 aromatic carbocycles. The Morgan fingerprint density at radius 3 is 2.60 bits per heavy atom. The maximum Gasteiger partial charge on any atom is 0.407 e. The Bertz CT molecular complexity index is 156. The van der Waals surface area contributed by atoms with Crippen LogP contribution in [0.15, 0.2) is 0 Å². The lowest BCUT2D eigenvalue weighted by molar-refractivity contribution is 0.0415. The van der Waals surface area contributed by atoms with Gasteiger partial charge < -0.3 is 24.4 Å². The van der Waals surface area contributed by atoms with Gasteiger partial charge in [-0.15, -0.1) is 0 Å². The molecule has 0 aromatic rings. The first-order chi connectivity index (χ1) is 7.31. The number of methoxy groups -OCH3 is 1. The molecule has 0 saturated heterocycles. The predicted octanol–water partition coefficient (Wildman–Crippen LogP) is -0.734. The molecule has 7 nitrogen and oxygen atoms in total. The highest BCUT2D eigenvalue weighted by molar-refractivity contribution is 5.66. The third-order valence-corrected chi connectivity index (χ3v) is 1.38. The summed E-state index contributed by atoms with van der Waals surface area (Å²) in [5, 5.41) is 2.44. The Morgan fingerprint density at radius 1 is 1.20 bits per heavy atom. The van der Waals surface area contributed by atoms with Gasteiger partial charge >= 0.3 is 6.09 Å². The van der Waals surface area contributed by atoms with Crippen molar-refractivity contribution in [3.8, 4) is 0 Å². The van der Waals surface area contributed by atoms with Crippen LogP contribution < -0.4 is 11.2 Å². The zero-order valence-corrected chi connectivity index (χ0v) is 8.86. The van der Waals surface area contributed by atoms with E-state index in [1.165, 1.54) is 0 Å². The van der Waals surface area contributed by atoms with Gasteiger partial charge in [0.15, 0.2) is 0 Å². The van der Waals surface area contributed by atoms with E-state index in [9.17, 15) is 4.79 Å². The van der Waals surface area contributed by atoms with Crippen molar-refractivity contribution < 1.29 is 23.8 Å². The van der Waals surface area contributed by atoms with Crippen molar-refractivity contribution in [1.29, 1.82) is 0 Å². The van der Waals surface area contributed by atoms with Gasteiger partial charge in [0.05, 0.1) is 26.4 Å². The first kappa shape index (κ1) is 14.1. The molecule has 0 aliphatic rings. The molecule has 0 unspecified atom stereocenters. The van der Waals surface area contributed by atoms with Crippen molar-refractivity contribution in [2.45, 2.75) is 0 Å². The fourth-order valence-corrected chi connectivity index (χ4v) is 0.701. The topological polar surface area (TPSA) is 92.0 Å². The average Bonchev–Trinajstić information content (AvgIpc) is 2.23. The molecule has 1 amide bonds. The van der Waals surface area contributed by atoms with Gasteiger partial charge in [-0.05, 0) is 0 Å². The molecule has 0 bridgehead atoms. The molecule has 0 aromatic heterocycles. The van der Waals surface area contributed by atoms with Crippen LogP contribution in [0.5, 0.6) is 0 Å². The van der Waals surface area contributed by atoms with Crippen molar-refractivity contribution >= 4 is 6.09 Å². The minimum atomic E-state index is -0.512. The number of nitrogens with two attached hydrogens (primary N) is 1. The fourth-order valence-electron chi connectivity index (χ4n) is 0.701. The van der Waals surface area contributed by atoms with E-state index < -0.39 is 6.09 Å². The van der Waals surface area contributed by atoms with Crippen LogP contribution in [-0.2, 0) is 19.0 Å². The standard InChI is InChI=1S/C8H18N2O5/c1-12-4-5-13-6-7-14-8(11)10-2-3-15-9/h2-7,9H2,1H3,(H,10,11). The van der Waals surface area contributed by atoms with Gasteiger partial charge in [-0.25, -0.2) is 10.7 Å². The van der Waals surface area contributed by atoms with Crippen LogP contribution in [0.2, 0.25) is 0 Å². The summed E-state index contributed by atoms with van der Waals surface area (Å²) in [5.74, 6) is 4.76. The van der Waals surface area contributed by atoms with Crippen LogP contribution in [-0.4, -0.2) is 52.8 Å². The molecule has 7 heteroatoms. The molecule has 0 rings (SSSR count). The molecular formula is C8H18N2O5. The second-order valence-electron chi connectivity index (χ2n) is 2.54. The second kappa shape index (κ2) is 11.2. The molecule has 0 fully saturated rings. The van der Waals surface area contributed by atoms with Crippen molar-refractivity contribution in [2.75, 3.05) is 46.7 Å². The fraction of sp³-hybridized carbons (Fsp3) is 0.875. The van der Waals surface area contributed by atoms with Gasteiger partial charge in [0.25, 0.3) is 0 Å². The van der Waals surface area contributed by atoms with Gasteiger partial charge in [0.2, 0.25) is 0 Å². The summed E-state index contributed by atoms with van der Waals surface area (Å²) >= 11 is 0. The number of rotatable bonds is 9. The van der Waals surface area contributed by atoms with E-state index in [1.54, 1.807) is 7.11 Å². The maximum absolute atomic E-state index is 10.9. The minimum Gasteiger partial charge on any atom is -0.447 e. The number of nitrogens with one attached hydrogen (secondary N) is 1. The lowest BCUT2D eigenvalue weighted by Crippen LogP contribution is -2.29. The van der Waals surface area contributed by atoms with Crippen molar-refractivity contribution in [3.05, 3.63) is 0 Å². The summed E-state index contributed by atoms with van der Waals surface area (Å²) in [7, 11) is 1.59. The van der Waals surface area contributed by atoms with E-state index in [0.717, 1.165) is 0 Å². The number of carbonyl (C=O) groups is 1. The largest absolute Gasteiger partial charge is 0.447 e. The predicted molar refractivity (Wildman–Crippen MR) is 52.2 cm³/mol. The Balaban J connectivity index is 3.10. The van der Waals surface area contributed by atoms with E-state index in [2.05, 4.69) is 10.2 Å². The third kappa shape index (κ3) is 11.0. The quantitative estimate of drug-likeness (QED) is 0.394. The van der Waals surface area contributed by atoms with Crippen LogP contribution in [0.1, 0.15) is 0 Å². The number of hydrogen-bond acceptors (Lipinski definition) is 6. The van der Waals surface area contributed by atoms with Crippen LogP contribution in [0.4, 0.5) is 4.79 Å². The van der Waals surface area contributed by atoms with Gasteiger partial charge in [-0.2, -0.15) is 0 Å². The summed E-state index contributed by atoms with van der Waals surface area (Å²) in [5.41, 5.74) is 0. The van der Waals surface area contributed by atoms with E-state index in [4.69, 9.17) is 20.1 Å². The summed E-state index contributed by atoms with van der Waals surface area (Å²) in [6.45, 7) is 2.14. The molecule has 0 heterocycles. The zero-order chi connectivity index (χ0) is 11.4. The number of carbonyl (C=O) groups excluding carboxylic acids is 1. The third-order valence-electron chi connectivity index (χ3n) is 1.38. The van der Waals surface area contributed by atoms with E-state index in [1.807, 2.05) is 0 Å². The van der Waals surface area contributed by atoms with E-state index in [0.29, 0.717) is 26.4 Å². The van der Waals surface area contributed by atoms with Crippen LogP contribution in [0.3, 0.4) is 0 Å². The zero-order valence-electron chi connectivity index (χ0n) is 8.86. The first-order valence-corrected chi connectivity index (χ1v) is 4.60. The van der Waals surface area contributed by atoms with E-state index in [-0.39, 0.29) is 13.2 Å². The number of ether oxygens (including phenoxy) is 3. The Hall–Kier alpha value is -0.890. The molecule has 0 aliphatic heterocycles. The van der Waals surface area contributed by atoms with Crippen molar-refractivity contribution in [1.82, 2.24) is 5.32 Å². The molecular weight excluding hydrogens is 204 g/mol. The van der Waals surface area contributed by atoms with E-state index >= 15 is 0 Å². The molecule has 0 radical (unpaired) electrons. The molecule has 0 saturated carbocycles. The SMILES string of the molecule is COCCOCCOC(=O)NCCON. The molecule has 15 heavy (non-hydrogen) atoms. The van der Waals surface area contributed by atoms with Gasteiger partial charge in [0, 0.05) is 13.7 Å². The summed E-state index contributed by atoms with van der Waals surface area (Å²) in [4.78, 5) is 15.2. The summed E-state index contributed by atoms with van der Waals surface area (Å²) < 4.78 is 14.6. The number of amides is 1. The highest BCUT2D eigenvalue weighted by atomic mass is 16.6. The molecule has 3 N–H and O–H groups in total. The summed E-state index contributed by atoms with van der Waals surface area (Å²) in [6.07, 6.45) is -0.512.